The molecule has 0 fully saturated rings. The highest BCUT2D eigenvalue weighted by Gasteiger charge is 2.17. The van der Waals surface area contributed by atoms with E-state index in [-0.39, 0.29) is 10.6 Å². The van der Waals surface area contributed by atoms with Crippen LogP contribution in [0.5, 0.6) is 5.75 Å². The number of hydrogen-bond donors (Lipinski definition) is 0. The molecule has 0 saturated carbocycles. The van der Waals surface area contributed by atoms with Crippen molar-refractivity contribution in [2.24, 2.45) is 0 Å². The summed E-state index contributed by atoms with van der Waals surface area (Å²) in [6, 6.07) is 3.21. The summed E-state index contributed by atoms with van der Waals surface area (Å²) in [4.78, 5) is -0.351. The van der Waals surface area contributed by atoms with Gasteiger partial charge in [0, 0.05) is 24.4 Å². The van der Waals surface area contributed by atoms with Crippen LogP contribution >= 0.6 is 10.7 Å². The van der Waals surface area contributed by atoms with E-state index in [0.29, 0.717) is 19.6 Å². The van der Waals surface area contributed by atoms with Gasteiger partial charge < -0.3 is 9.47 Å². The average Bonchev–Trinajstić information content (AvgIpc) is 2.29. The lowest BCUT2D eigenvalue weighted by Gasteiger charge is -2.09. The Labute approximate surface area is 110 Å². The highest BCUT2D eigenvalue weighted by molar-refractivity contribution is 8.13. The lowest BCUT2D eigenvalue weighted by molar-refractivity contribution is 0.183. The molecule has 0 heterocycles. The van der Waals surface area contributed by atoms with Gasteiger partial charge in [-0.15, -0.1) is 0 Å². The number of benzene rings is 1. The topological polar surface area (TPSA) is 52.6 Å². The summed E-state index contributed by atoms with van der Waals surface area (Å²) in [5.74, 6) is -0.621. The summed E-state index contributed by atoms with van der Waals surface area (Å²) in [5, 5.41) is 0. The van der Waals surface area contributed by atoms with Crippen LogP contribution in [0.2, 0.25) is 0 Å². The number of unbranched alkanes of at least 4 members (excludes halogenated alkanes) is 1. The van der Waals surface area contributed by atoms with E-state index in [1.54, 1.807) is 7.11 Å². The first kappa shape index (κ1) is 15.2. The van der Waals surface area contributed by atoms with E-state index in [0.717, 1.165) is 18.6 Å². The van der Waals surface area contributed by atoms with Crippen molar-refractivity contribution < 1.29 is 22.3 Å². The second kappa shape index (κ2) is 6.92. The monoisotopic (exact) mass is 296 g/mol. The number of rotatable bonds is 7. The maximum Gasteiger partial charge on any atom is 0.265 e. The molecule has 0 spiro atoms. The Bertz CT molecular complexity index is 490. The van der Waals surface area contributed by atoms with Gasteiger partial charge in [0.1, 0.15) is 16.5 Å². The lowest BCUT2D eigenvalue weighted by Crippen LogP contribution is -2.03. The van der Waals surface area contributed by atoms with Crippen LogP contribution in [-0.2, 0) is 13.8 Å². The van der Waals surface area contributed by atoms with E-state index in [1.165, 1.54) is 6.07 Å². The third kappa shape index (κ3) is 4.80. The minimum Gasteiger partial charge on any atom is -0.492 e. The number of hydrogen-bond acceptors (Lipinski definition) is 4. The van der Waals surface area contributed by atoms with Gasteiger partial charge in [0.15, 0.2) is 0 Å². The maximum atomic E-state index is 13.0. The number of methoxy groups -OCH3 is 1. The Hall–Kier alpha value is -0.850. The van der Waals surface area contributed by atoms with E-state index < -0.39 is 14.9 Å². The van der Waals surface area contributed by atoms with E-state index in [4.69, 9.17) is 20.2 Å². The van der Waals surface area contributed by atoms with E-state index in [9.17, 15) is 12.8 Å². The molecule has 0 bridgehead atoms. The highest BCUT2D eigenvalue weighted by Crippen LogP contribution is 2.27. The summed E-state index contributed by atoms with van der Waals surface area (Å²) < 4.78 is 45.6. The third-order valence-corrected chi connectivity index (χ3v) is 3.51. The SMILES string of the molecule is COCCCCOc1ccc(F)cc1S(=O)(=O)Cl. The Morgan fingerprint density at radius 2 is 1.94 bits per heavy atom. The van der Waals surface area contributed by atoms with Crippen molar-refractivity contribution in [3.8, 4) is 5.75 Å². The van der Waals surface area contributed by atoms with Crippen molar-refractivity contribution in [2.75, 3.05) is 20.3 Å². The van der Waals surface area contributed by atoms with E-state index in [1.807, 2.05) is 0 Å². The second-order valence-electron chi connectivity index (χ2n) is 3.58. The normalized spacial score (nSPS) is 11.5. The van der Waals surface area contributed by atoms with Crippen LogP contribution in [0.1, 0.15) is 12.8 Å². The molecule has 0 aliphatic rings. The molecule has 1 rings (SSSR count). The van der Waals surface area contributed by atoms with Gasteiger partial charge in [0.05, 0.1) is 6.61 Å². The van der Waals surface area contributed by atoms with Crippen molar-refractivity contribution in [3.05, 3.63) is 24.0 Å². The van der Waals surface area contributed by atoms with Crippen LogP contribution in [0.25, 0.3) is 0 Å². The molecule has 1 aromatic carbocycles. The van der Waals surface area contributed by atoms with Crippen LogP contribution in [0.4, 0.5) is 4.39 Å². The standard InChI is InChI=1S/C11H14ClFO4S/c1-16-6-2-3-7-17-10-5-4-9(13)8-11(10)18(12,14)15/h4-5,8H,2-3,6-7H2,1H3. The number of ether oxygens (including phenoxy) is 2. The van der Waals surface area contributed by atoms with Crippen LogP contribution in [-0.4, -0.2) is 28.7 Å². The summed E-state index contributed by atoms with van der Waals surface area (Å²) in [6.07, 6.45) is 1.49. The van der Waals surface area contributed by atoms with Gasteiger partial charge in [0.2, 0.25) is 0 Å². The molecule has 0 aliphatic heterocycles. The predicted octanol–water partition coefficient (Wildman–Crippen LogP) is 2.56. The zero-order valence-electron chi connectivity index (χ0n) is 9.86. The highest BCUT2D eigenvalue weighted by atomic mass is 35.7. The predicted molar refractivity (Wildman–Crippen MR) is 66.0 cm³/mol. The molecule has 0 aliphatic carbocycles. The van der Waals surface area contributed by atoms with Crippen LogP contribution in [0.15, 0.2) is 23.1 Å². The van der Waals surface area contributed by atoms with Gasteiger partial charge in [-0.05, 0) is 31.0 Å². The van der Waals surface area contributed by atoms with Crippen LogP contribution < -0.4 is 4.74 Å². The summed E-state index contributed by atoms with van der Waals surface area (Å²) in [6.45, 7) is 0.918. The second-order valence-corrected chi connectivity index (χ2v) is 6.11. The molecule has 0 N–H and O–H groups in total. The molecule has 0 atom stereocenters. The molecule has 0 amide bonds. The molecular formula is C11H14ClFO4S. The van der Waals surface area contributed by atoms with Gasteiger partial charge in [-0.2, -0.15) is 0 Å². The smallest absolute Gasteiger partial charge is 0.265 e. The molecule has 0 unspecified atom stereocenters. The Morgan fingerprint density at radius 1 is 1.28 bits per heavy atom. The van der Waals surface area contributed by atoms with Crippen LogP contribution in [0.3, 0.4) is 0 Å². The quantitative estimate of drug-likeness (QED) is 0.573. The van der Waals surface area contributed by atoms with Crippen molar-refractivity contribution >= 4 is 19.7 Å². The molecule has 4 nitrogen and oxygen atoms in total. The molecule has 0 saturated heterocycles. The van der Waals surface area contributed by atoms with Crippen molar-refractivity contribution in [3.63, 3.8) is 0 Å². The first-order valence-electron chi connectivity index (χ1n) is 5.31. The van der Waals surface area contributed by atoms with Gasteiger partial charge in [0.25, 0.3) is 9.05 Å². The van der Waals surface area contributed by atoms with Crippen LogP contribution in [0, 0.1) is 5.82 Å². The molecule has 1 aromatic rings. The molecule has 0 radical (unpaired) electrons. The summed E-state index contributed by atoms with van der Waals surface area (Å²) in [5.41, 5.74) is 0. The summed E-state index contributed by atoms with van der Waals surface area (Å²) in [7, 11) is 2.78. The molecule has 0 aromatic heterocycles. The Kier molecular flexibility index (Phi) is 5.84. The summed E-state index contributed by atoms with van der Waals surface area (Å²) >= 11 is 0. The van der Waals surface area contributed by atoms with Gasteiger partial charge in [-0.3, -0.25) is 0 Å². The Balaban J connectivity index is 2.71. The minimum absolute atomic E-state index is 0.0591. The average molecular weight is 297 g/mol. The maximum absolute atomic E-state index is 13.0. The first-order valence-corrected chi connectivity index (χ1v) is 7.62. The zero-order valence-corrected chi connectivity index (χ0v) is 11.4. The molecule has 7 heteroatoms. The third-order valence-electron chi connectivity index (χ3n) is 2.17. The Morgan fingerprint density at radius 3 is 2.56 bits per heavy atom. The molecule has 102 valence electrons. The molecule has 18 heavy (non-hydrogen) atoms. The van der Waals surface area contributed by atoms with Crippen molar-refractivity contribution in [1.29, 1.82) is 0 Å². The molecular weight excluding hydrogens is 283 g/mol. The first-order chi connectivity index (χ1) is 8.45. The van der Waals surface area contributed by atoms with Gasteiger partial charge in [-0.1, -0.05) is 0 Å². The fraction of sp³-hybridized carbons (Fsp3) is 0.455. The van der Waals surface area contributed by atoms with Gasteiger partial charge >= 0.3 is 0 Å². The number of halogens is 2. The van der Waals surface area contributed by atoms with E-state index in [2.05, 4.69) is 0 Å². The minimum atomic E-state index is -4.02. The fourth-order valence-electron chi connectivity index (χ4n) is 1.32. The zero-order chi connectivity index (χ0) is 13.6. The van der Waals surface area contributed by atoms with E-state index >= 15 is 0 Å². The lowest BCUT2D eigenvalue weighted by atomic mass is 10.3. The van der Waals surface area contributed by atoms with Gasteiger partial charge in [-0.25, -0.2) is 12.8 Å². The van der Waals surface area contributed by atoms with Crippen molar-refractivity contribution in [1.82, 2.24) is 0 Å². The van der Waals surface area contributed by atoms with Crippen molar-refractivity contribution in [2.45, 2.75) is 17.7 Å². The largest absolute Gasteiger partial charge is 0.492 e. The fourth-order valence-corrected chi connectivity index (χ4v) is 2.30.